The highest BCUT2D eigenvalue weighted by molar-refractivity contribution is 6.12. The Morgan fingerprint density at radius 1 is 0.783 bits per heavy atom. The lowest BCUT2D eigenvalue weighted by Crippen LogP contribution is -2.49. The molecule has 0 bridgehead atoms. The van der Waals surface area contributed by atoms with Crippen molar-refractivity contribution in [3.8, 4) is 11.1 Å². The predicted molar refractivity (Wildman–Crippen MR) is 174 cm³/mol. The molecule has 2 aliphatic rings. The molecule has 246 valence electrons. The van der Waals surface area contributed by atoms with Gasteiger partial charge in [0.05, 0.1) is 0 Å². The molecule has 1 heterocycles. The third kappa shape index (κ3) is 8.90. The van der Waals surface area contributed by atoms with Crippen molar-refractivity contribution in [1.29, 1.82) is 0 Å². The third-order valence-electron chi connectivity index (χ3n) is 8.75. The number of ether oxygens (including phenoxy) is 1. The van der Waals surface area contributed by atoms with Crippen LogP contribution in [0.3, 0.4) is 0 Å². The van der Waals surface area contributed by atoms with E-state index in [4.69, 9.17) is 10.5 Å². The molecule has 1 atom stereocenters. The monoisotopic (exact) mass is 631 g/mol. The van der Waals surface area contributed by atoms with Gasteiger partial charge in [-0.15, -0.1) is 0 Å². The number of hydrogen-bond acceptors (Lipinski definition) is 7. The number of nitrogens with two attached hydrogens (primary N) is 1. The Hall–Kier alpha value is -4.31. The lowest BCUT2D eigenvalue weighted by atomic mass is 9.98. The second kappa shape index (κ2) is 17.4. The molecule has 0 spiro atoms. The van der Waals surface area contributed by atoms with Gasteiger partial charge in [-0.25, -0.2) is 14.5 Å². The summed E-state index contributed by atoms with van der Waals surface area (Å²) in [6.07, 6.45) is 9.76. The van der Waals surface area contributed by atoms with Crippen molar-refractivity contribution in [2.75, 3.05) is 19.7 Å². The maximum absolute atomic E-state index is 13.5. The Morgan fingerprint density at radius 2 is 1.33 bits per heavy atom. The maximum Gasteiger partial charge on any atom is 0.417 e. The molecule has 1 aliphatic carbocycles. The number of benzene rings is 2. The zero-order chi connectivity index (χ0) is 32.9. The molecule has 3 N–H and O–H groups in total. The van der Waals surface area contributed by atoms with E-state index in [-0.39, 0.29) is 37.2 Å². The van der Waals surface area contributed by atoms with Gasteiger partial charge in [-0.1, -0.05) is 87.1 Å². The Morgan fingerprint density at radius 3 is 1.89 bits per heavy atom. The molecular weight excluding hydrogens is 586 g/mol. The van der Waals surface area contributed by atoms with Crippen LogP contribution >= 0.6 is 0 Å². The van der Waals surface area contributed by atoms with Gasteiger partial charge in [0, 0.05) is 31.0 Å². The molecule has 46 heavy (non-hydrogen) atoms. The molecule has 4 rings (SSSR count). The number of fused-ring (bicyclic) bond motifs is 3. The van der Waals surface area contributed by atoms with E-state index < -0.39 is 24.0 Å². The first-order valence-corrected chi connectivity index (χ1v) is 16.5. The number of imide groups is 2. The molecule has 2 aromatic carbocycles. The van der Waals surface area contributed by atoms with Crippen LogP contribution in [-0.4, -0.2) is 70.4 Å². The smallest absolute Gasteiger partial charge is 0.417 e. The SMILES string of the molecule is NCCCC[C@@H](C(=O)O)N(C(=O)CCCCCCCCCCN1C(=O)C=CC1=O)C(=O)OCC1c2ccccc2-c2ccccc21. The van der Waals surface area contributed by atoms with E-state index >= 15 is 0 Å². The summed E-state index contributed by atoms with van der Waals surface area (Å²) in [5, 5.41) is 10.0. The van der Waals surface area contributed by atoms with Crippen molar-refractivity contribution in [1.82, 2.24) is 9.80 Å². The summed E-state index contributed by atoms with van der Waals surface area (Å²) in [6.45, 7) is 0.824. The van der Waals surface area contributed by atoms with Gasteiger partial charge in [-0.3, -0.25) is 19.3 Å². The van der Waals surface area contributed by atoms with Crippen LogP contribution in [0.5, 0.6) is 0 Å². The van der Waals surface area contributed by atoms with Crippen LogP contribution in [0.2, 0.25) is 0 Å². The Bertz CT molecular complexity index is 1360. The van der Waals surface area contributed by atoms with E-state index in [9.17, 15) is 29.1 Å². The zero-order valence-corrected chi connectivity index (χ0v) is 26.4. The minimum atomic E-state index is -1.32. The highest BCUT2D eigenvalue weighted by Crippen LogP contribution is 2.44. The van der Waals surface area contributed by atoms with Gasteiger partial charge >= 0.3 is 12.1 Å². The Balaban J connectivity index is 1.26. The summed E-state index contributed by atoms with van der Waals surface area (Å²) in [4.78, 5) is 64.5. The first kappa shape index (κ1) is 34.6. The van der Waals surface area contributed by atoms with Gasteiger partial charge in [0.25, 0.3) is 11.8 Å². The van der Waals surface area contributed by atoms with Gasteiger partial charge in [0.1, 0.15) is 12.6 Å². The molecule has 0 fully saturated rings. The van der Waals surface area contributed by atoms with E-state index in [1.807, 2.05) is 48.5 Å². The molecule has 0 unspecified atom stereocenters. The molecule has 2 aromatic rings. The van der Waals surface area contributed by atoms with Crippen LogP contribution in [0.1, 0.15) is 94.1 Å². The van der Waals surface area contributed by atoms with Gasteiger partial charge in [-0.2, -0.15) is 0 Å². The molecule has 10 nitrogen and oxygen atoms in total. The second-order valence-electron chi connectivity index (χ2n) is 11.9. The van der Waals surface area contributed by atoms with Crippen LogP contribution in [0.15, 0.2) is 60.7 Å². The average Bonchev–Trinajstić information content (AvgIpc) is 3.55. The summed E-state index contributed by atoms with van der Waals surface area (Å²) in [5.74, 6) is -2.49. The predicted octanol–water partition coefficient (Wildman–Crippen LogP) is 5.78. The average molecular weight is 632 g/mol. The normalized spacial score (nSPS) is 14.3. The van der Waals surface area contributed by atoms with E-state index in [1.54, 1.807) is 0 Å². The second-order valence-corrected chi connectivity index (χ2v) is 11.9. The largest absolute Gasteiger partial charge is 0.480 e. The molecule has 1 aliphatic heterocycles. The number of unbranched alkanes of at least 4 members (excludes halogenated alkanes) is 8. The van der Waals surface area contributed by atoms with E-state index in [1.165, 1.54) is 17.1 Å². The van der Waals surface area contributed by atoms with Gasteiger partial charge in [0.2, 0.25) is 5.91 Å². The van der Waals surface area contributed by atoms with Gasteiger partial charge in [-0.05, 0) is 60.9 Å². The zero-order valence-electron chi connectivity index (χ0n) is 26.4. The minimum Gasteiger partial charge on any atom is -0.480 e. The van der Waals surface area contributed by atoms with Crippen LogP contribution in [0.25, 0.3) is 11.1 Å². The van der Waals surface area contributed by atoms with E-state index in [2.05, 4.69) is 0 Å². The summed E-state index contributed by atoms with van der Waals surface area (Å²) >= 11 is 0. The number of aliphatic carboxylic acids is 1. The molecule has 0 saturated heterocycles. The molecular formula is C36H45N3O7. The van der Waals surface area contributed by atoms with Gasteiger partial charge in [0.15, 0.2) is 0 Å². The first-order valence-electron chi connectivity index (χ1n) is 16.5. The summed E-state index contributed by atoms with van der Waals surface area (Å²) in [6, 6.07) is 14.5. The number of hydrogen-bond donors (Lipinski definition) is 2. The number of carboxylic acid groups (broad SMARTS) is 1. The van der Waals surface area contributed by atoms with Gasteiger partial charge < -0.3 is 15.6 Å². The third-order valence-corrected chi connectivity index (χ3v) is 8.75. The van der Waals surface area contributed by atoms with Crippen molar-refractivity contribution in [2.45, 2.75) is 89.0 Å². The van der Waals surface area contributed by atoms with E-state index in [0.717, 1.165) is 72.1 Å². The van der Waals surface area contributed by atoms with Crippen LogP contribution in [-0.2, 0) is 23.9 Å². The van der Waals surface area contributed by atoms with Crippen LogP contribution in [0.4, 0.5) is 4.79 Å². The minimum absolute atomic E-state index is 0.00663. The number of rotatable bonds is 19. The number of nitrogens with zero attached hydrogens (tertiary/aromatic N) is 2. The Kier molecular flexibility index (Phi) is 13.1. The molecule has 4 amide bonds. The standard InChI is InChI=1S/C36H45N3O7/c37-23-13-12-19-31(35(43)44)39(34(42)20-7-5-3-1-2-4-6-14-24-38-32(40)21-22-33(38)41)36(45)46-25-30-28-17-10-8-15-26(28)27-16-9-11-18-29(27)30/h8-11,15-18,21-22,30-31H,1-7,12-14,19-20,23-25,37H2,(H,43,44)/t31-/m0/s1. The summed E-state index contributed by atoms with van der Waals surface area (Å²) in [5.41, 5.74) is 9.81. The number of carboxylic acids is 1. The lowest BCUT2D eigenvalue weighted by Gasteiger charge is -2.27. The molecule has 10 heteroatoms. The highest BCUT2D eigenvalue weighted by atomic mass is 16.6. The first-order chi connectivity index (χ1) is 22.3. The van der Waals surface area contributed by atoms with Crippen molar-refractivity contribution < 1.29 is 33.8 Å². The quantitative estimate of drug-likeness (QED) is 0.146. The lowest BCUT2D eigenvalue weighted by molar-refractivity contribution is -0.149. The maximum atomic E-state index is 13.5. The fourth-order valence-corrected chi connectivity index (χ4v) is 6.29. The van der Waals surface area contributed by atoms with Crippen molar-refractivity contribution in [2.24, 2.45) is 5.73 Å². The molecule has 0 aromatic heterocycles. The van der Waals surface area contributed by atoms with Crippen LogP contribution in [0, 0.1) is 0 Å². The topological polar surface area (TPSA) is 147 Å². The van der Waals surface area contributed by atoms with Crippen molar-refractivity contribution in [3.05, 3.63) is 71.8 Å². The summed E-state index contributed by atoms with van der Waals surface area (Å²) < 4.78 is 5.73. The van der Waals surface area contributed by atoms with Crippen molar-refractivity contribution in [3.63, 3.8) is 0 Å². The van der Waals surface area contributed by atoms with Crippen LogP contribution < -0.4 is 5.73 Å². The number of carbonyl (C=O) groups is 5. The molecule has 0 saturated carbocycles. The Labute approximate surface area is 270 Å². The summed E-state index contributed by atoms with van der Waals surface area (Å²) in [7, 11) is 0. The fourth-order valence-electron chi connectivity index (χ4n) is 6.29. The van der Waals surface area contributed by atoms with Crippen molar-refractivity contribution >= 4 is 29.8 Å². The highest BCUT2D eigenvalue weighted by Gasteiger charge is 2.37. The number of amides is 4. The molecule has 0 radical (unpaired) electrons. The van der Waals surface area contributed by atoms with E-state index in [0.29, 0.717) is 32.4 Å². The number of carbonyl (C=O) groups excluding carboxylic acids is 4. The fraction of sp³-hybridized carbons (Fsp3) is 0.472.